The summed E-state index contributed by atoms with van der Waals surface area (Å²) in [4.78, 5) is 23.9. The molecule has 0 saturated carbocycles. The van der Waals surface area contributed by atoms with Gasteiger partial charge in [0.25, 0.3) is 0 Å². The molecule has 0 radical (unpaired) electrons. The molecular formula is C18H20N4O2. The van der Waals surface area contributed by atoms with Crippen molar-refractivity contribution in [3.05, 3.63) is 58.4 Å². The van der Waals surface area contributed by atoms with E-state index in [1.165, 1.54) is 5.69 Å². The van der Waals surface area contributed by atoms with Gasteiger partial charge in [0.05, 0.1) is 13.2 Å². The van der Waals surface area contributed by atoms with Crippen molar-refractivity contribution in [1.82, 2.24) is 19.9 Å². The molecule has 3 heterocycles. The van der Waals surface area contributed by atoms with Gasteiger partial charge in [0.2, 0.25) is 0 Å². The van der Waals surface area contributed by atoms with Gasteiger partial charge in [-0.2, -0.15) is 0 Å². The molecule has 24 heavy (non-hydrogen) atoms. The monoisotopic (exact) mass is 324 g/mol. The summed E-state index contributed by atoms with van der Waals surface area (Å²) in [5.41, 5.74) is 2.95. The fraction of sp³-hybridized carbons (Fsp3) is 0.333. The number of hydrogen-bond acceptors (Lipinski definition) is 4. The number of H-pyrrole nitrogens is 2. The van der Waals surface area contributed by atoms with E-state index in [-0.39, 0.29) is 11.7 Å². The van der Waals surface area contributed by atoms with Crippen molar-refractivity contribution in [3.8, 4) is 5.75 Å². The van der Waals surface area contributed by atoms with Crippen LogP contribution in [0, 0.1) is 0 Å². The maximum atomic E-state index is 11.5. The summed E-state index contributed by atoms with van der Waals surface area (Å²) >= 11 is 0. The molecule has 4 rings (SSSR count). The molecular weight excluding hydrogens is 304 g/mol. The van der Waals surface area contributed by atoms with Gasteiger partial charge in [-0.05, 0) is 49.7 Å². The lowest BCUT2D eigenvalue weighted by molar-refractivity contribution is 0.241. The lowest BCUT2D eigenvalue weighted by Gasteiger charge is -2.23. The Kier molecular flexibility index (Phi) is 3.82. The third kappa shape index (κ3) is 2.80. The maximum absolute atomic E-state index is 11.5. The normalized spacial score (nSPS) is 18.3. The lowest BCUT2D eigenvalue weighted by atomic mass is 10.1. The van der Waals surface area contributed by atoms with Gasteiger partial charge in [-0.25, -0.2) is 9.78 Å². The second-order valence-corrected chi connectivity index (χ2v) is 6.21. The Hall–Kier alpha value is -2.60. The molecule has 0 aliphatic carbocycles. The van der Waals surface area contributed by atoms with Crippen LogP contribution in [0.5, 0.6) is 5.75 Å². The molecule has 124 valence electrons. The molecule has 1 aliphatic heterocycles. The molecule has 1 fully saturated rings. The number of hydrogen-bond donors (Lipinski definition) is 2. The zero-order valence-corrected chi connectivity index (χ0v) is 13.6. The summed E-state index contributed by atoms with van der Waals surface area (Å²) in [7, 11) is 1.68. The van der Waals surface area contributed by atoms with E-state index in [1.807, 2.05) is 24.3 Å². The molecule has 1 unspecified atom stereocenters. The summed E-state index contributed by atoms with van der Waals surface area (Å²) < 4.78 is 5.29. The molecule has 0 amide bonds. The Morgan fingerprint density at radius 2 is 2.21 bits per heavy atom. The molecule has 2 aromatic heterocycles. The van der Waals surface area contributed by atoms with E-state index < -0.39 is 0 Å². The van der Waals surface area contributed by atoms with E-state index in [2.05, 4.69) is 25.9 Å². The Morgan fingerprint density at radius 1 is 1.29 bits per heavy atom. The standard InChI is InChI=1S/C18H20N4O2/c1-24-14-4-5-15-12(10-14)9-13(20-15)11-22-8-2-3-17(22)16-6-7-19-18(23)21-16/h4-7,9-10,17,20H,2-3,8,11H2,1H3,(H,19,21,23). The minimum absolute atomic E-state index is 0.238. The van der Waals surface area contributed by atoms with Crippen LogP contribution >= 0.6 is 0 Å². The number of aromatic nitrogens is 3. The lowest BCUT2D eigenvalue weighted by Crippen LogP contribution is -2.25. The van der Waals surface area contributed by atoms with Gasteiger partial charge >= 0.3 is 5.69 Å². The molecule has 6 heteroatoms. The van der Waals surface area contributed by atoms with Crippen molar-refractivity contribution in [2.45, 2.75) is 25.4 Å². The zero-order valence-electron chi connectivity index (χ0n) is 13.6. The van der Waals surface area contributed by atoms with Crippen LogP contribution in [0.3, 0.4) is 0 Å². The number of rotatable bonds is 4. The highest BCUT2D eigenvalue weighted by Crippen LogP contribution is 2.32. The number of likely N-dealkylation sites (tertiary alicyclic amines) is 1. The van der Waals surface area contributed by atoms with Crippen LogP contribution in [0.2, 0.25) is 0 Å². The van der Waals surface area contributed by atoms with Gasteiger partial charge in [-0.1, -0.05) is 0 Å². The number of fused-ring (bicyclic) bond motifs is 1. The SMILES string of the molecule is COc1ccc2[nH]c(CN3CCCC3c3ccnc(=O)[nH]3)cc2c1. The van der Waals surface area contributed by atoms with E-state index in [9.17, 15) is 4.79 Å². The Balaban J connectivity index is 1.58. The van der Waals surface area contributed by atoms with Gasteiger partial charge in [-0.15, -0.1) is 0 Å². The van der Waals surface area contributed by atoms with Crippen molar-refractivity contribution >= 4 is 10.9 Å². The molecule has 2 N–H and O–H groups in total. The number of benzene rings is 1. The first-order chi connectivity index (χ1) is 11.7. The van der Waals surface area contributed by atoms with Crippen molar-refractivity contribution in [1.29, 1.82) is 0 Å². The number of nitrogens with zero attached hydrogens (tertiary/aromatic N) is 2. The highest BCUT2D eigenvalue weighted by Gasteiger charge is 2.27. The predicted octanol–water partition coefficient (Wildman–Crippen LogP) is 2.60. The molecule has 0 spiro atoms. The van der Waals surface area contributed by atoms with E-state index in [0.29, 0.717) is 0 Å². The Morgan fingerprint density at radius 3 is 3.04 bits per heavy atom. The molecule has 1 aromatic carbocycles. The predicted molar refractivity (Wildman–Crippen MR) is 92.1 cm³/mol. The first kappa shape index (κ1) is 15.0. The van der Waals surface area contributed by atoms with Crippen LogP contribution in [0.15, 0.2) is 41.3 Å². The fourth-order valence-electron chi connectivity index (χ4n) is 3.55. The van der Waals surface area contributed by atoms with Crippen LogP contribution in [-0.4, -0.2) is 33.5 Å². The summed E-state index contributed by atoms with van der Waals surface area (Å²) in [6.07, 6.45) is 3.76. The number of methoxy groups -OCH3 is 1. The Labute approximate surface area is 139 Å². The summed E-state index contributed by atoms with van der Waals surface area (Å²) in [6.45, 7) is 1.85. The summed E-state index contributed by atoms with van der Waals surface area (Å²) in [5, 5.41) is 1.15. The van der Waals surface area contributed by atoms with Gasteiger partial charge in [0, 0.05) is 35.0 Å². The average Bonchev–Trinajstić information content (AvgIpc) is 3.20. The third-order valence-corrected chi connectivity index (χ3v) is 4.68. The second kappa shape index (κ2) is 6.13. The molecule has 0 bridgehead atoms. The number of ether oxygens (including phenoxy) is 1. The van der Waals surface area contributed by atoms with Crippen LogP contribution < -0.4 is 10.4 Å². The largest absolute Gasteiger partial charge is 0.497 e. The quantitative estimate of drug-likeness (QED) is 0.773. The first-order valence-corrected chi connectivity index (χ1v) is 8.18. The Bertz CT molecular complexity index is 915. The first-order valence-electron chi connectivity index (χ1n) is 8.18. The fourth-order valence-corrected chi connectivity index (χ4v) is 3.55. The highest BCUT2D eigenvalue weighted by molar-refractivity contribution is 5.81. The molecule has 1 atom stereocenters. The van der Waals surface area contributed by atoms with Crippen LogP contribution in [0.1, 0.15) is 30.3 Å². The minimum atomic E-state index is -0.281. The third-order valence-electron chi connectivity index (χ3n) is 4.68. The van der Waals surface area contributed by atoms with Gasteiger partial charge < -0.3 is 14.7 Å². The average molecular weight is 324 g/mol. The van der Waals surface area contributed by atoms with E-state index in [4.69, 9.17) is 4.74 Å². The van der Waals surface area contributed by atoms with Gasteiger partial charge in [0.1, 0.15) is 5.75 Å². The van der Waals surface area contributed by atoms with Crippen LogP contribution in [0.4, 0.5) is 0 Å². The molecule has 1 saturated heterocycles. The van der Waals surface area contributed by atoms with E-state index in [1.54, 1.807) is 13.3 Å². The van der Waals surface area contributed by atoms with Crippen LogP contribution in [0.25, 0.3) is 10.9 Å². The van der Waals surface area contributed by atoms with Gasteiger partial charge in [0.15, 0.2) is 0 Å². The molecule has 6 nitrogen and oxygen atoms in total. The second-order valence-electron chi connectivity index (χ2n) is 6.21. The zero-order chi connectivity index (χ0) is 16.5. The smallest absolute Gasteiger partial charge is 0.345 e. The van der Waals surface area contributed by atoms with E-state index >= 15 is 0 Å². The summed E-state index contributed by atoms with van der Waals surface area (Å²) in [5.74, 6) is 0.862. The molecule has 1 aliphatic rings. The van der Waals surface area contributed by atoms with E-state index in [0.717, 1.165) is 48.3 Å². The highest BCUT2D eigenvalue weighted by atomic mass is 16.5. The topological polar surface area (TPSA) is 74.0 Å². The summed E-state index contributed by atoms with van der Waals surface area (Å²) in [6, 6.07) is 10.4. The number of aromatic amines is 2. The van der Waals surface area contributed by atoms with Crippen molar-refractivity contribution in [3.63, 3.8) is 0 Å². The van der Waals surface area contributed by atoms with Crippen LogP contribution in [-0.2, 0) is 6.54 Å². The van der Waals surface area contributed by atoms with Gasteiger partial charge in [-0.3, -0.25) is 4.90 Å². The van der Waals surface area contributed by atoms with Crippen molar-refractivity contribution in [2.75, 3.05) is 13.7 Å². The minimum Gasteiger partial charge on any atom is -0.497 e. The number of nitrogens with one attached hydrogen (secondary N) is 2. The molecule has 3 aromatic rings. The van der Waals surface area contributed by atoms with Crippen molar-refractivity contribution in [2.24, 2.45) is 0 Å². The van der Waals surface area contributed by atoms with Crippen molar-refractivity contribution < 1.29 is 4.74 Å². The maximum Gasteiger partial charge on any atom is 0.345 e.